The molecule has 27 heavy (non-hydrogen) atoms. The lowest BCUT2D eigenvalue weighted by atomic mass is 10.0. The van der Waals surface area contributed by atoms with E-state index < -0.39 is 30.7 Å². The van der Waals surface area contributed by atoms with Crippen molar-refractivity contribution in [3.63, 3.8) is 0 Å². The van der Waals surface area contributed by atoms with Crippen LogP contribution in [0.3, 0.4) is 0 Å². The maximum atomic E-state index is 13.0. The molecule has 1 fully saturated rings. The zero-order valence-corrected chi connectivity index (χ0v) is 15.0. The summed E-state index contributed by atoms with van der Waals surface area (Å²) >= 11 is 0. The molecule has 1 N–H and O–H groups in total. The molecular formula is C19H20F3N3O2. The van der Waals surface area contributed by atoms with E-state index in [-0.39, 0.29) is 12.1 Å². The van der Waals surface area contributed by atoms with Crippen molar-refractivity contribution >= 4 is 11.6 Å². The molecule has 1 aliphatic rings. The van der Waals surface area contributed by atoms with Crippen LogP contribution < -0.4 is 4.90 Å². The van der Waals surface area contributed by atoms with Gasteiger partial charge in [-0.2, -0.15) is 13.2 Å². The smallest absolute Gasteiger partial charge is 0.379 e. The maximum Gasteiger partial charge on any atom is 0.419 e. The fourth-order valence-electron chi connectivity index (χ4n) is 3.05. The van der Waals surface area contributed by atoms with E-state index in [4.69, 9.17) is 0 Å². The number of rotatable bonds is 3. The highest BCUT2D eigenvalue weighted by Gasteiger charge is 2.57. The second-order valence-electron chi connectivity index (χ2n) is 6.91. The lowest BCUT2D eigenvalue weighted by Crippen LogP contribution is -2.48. The summed E-state index contributed by atoms with van der Waals surface area (Å²) in [6, 6.07) is 9.23. The molecule has 1 aromatic heterocycles. The molecule has 0 spiro atoms. The molecule has 144 valence electrons. The van der Waals surface area contributed by atoms with Gasteiger partial charge in [0.25, 0.3) is 5.91 Å². The Hall–Kier alpha value is -2.61. The Morgan fingerprint density at radius 2 is 1.85 bits per heavy atom. The van der Waals surface area contributed by atoms with Crippen LogP contribution in [0.2, 0.25) is 0 Å². The first kappa shape index (κ1) is 19.2. The molecule has 2 heterocycles. The summed E-state index contributed by atoms with van der Waals surface area (Å²) in [5, 5.41) is 9.76. The van der Waals surface area contributed by atoms with Crippen LogP contribution in [0.5, 0.6) is 0 Å². The second-order valence-corrected chi connectivity index (χ2v) is 6.91. The fourth-order valence-corrected chi connectivity index (χ4v) is 3.05. The first-order chi connectivity index (χ1) is 12.6. The van der Waals surface area contributed by atoms with Crippen LogP contribution in [0.25, 0.3) is 11.1 Å². The Morgan fingerprint density at radius 1 is 1.19 bits per heavy atom. The van der Waals surface area contributed by atoms with E-state index >= 15 is 0 Å². The summed E-state index contributed by atoms with van der Waals surface area (Å²) in [5.41, 5.74) is -0.110. The minimum Gasteiger partial charge on any atom is -0.379 e. The Kier molecular flexibility index (Phi) is 4.86. The van der Waals surface area contributed by atoms with Gasteiger partial charge in [-0.05, 0) is 23.8 Å². The van der Waals surface area contributed by atoms with Crippen LogP contribution in [0.15, 0.2) is 42.7 Å². The highest BCUT2D eigenvalue weighted by atomic mass is 19.4. The number of carbonyl (C=O) groups excluding carboxylic acids is 1. The van der Waals surface area contributed by atoms with Gasteiger partial charge >= 0.3 is 6.18 Å². The van der Waals surface area contributed by atoms with Crippen LogP contribution in [0.4, 0.5) is 18.9 Å². The van der Waals surface area contributed by atoms with Gasteiger partial charge in [-0.15, -0.1) is 0 Å². The van der Waals surface area contributed by atoms with Crippen LogP contribution in [-0.2, 0) is 0 Å². The van der Waals surface area contributed by atoms with Crippen LogP contribution in [0.1, 0.15) is 16.8 Å². The van der Waals surface area contributed by atoms with Crippen molar-refractivity contribution in [3.8, 4) is 11.1 Å². The fraction of sp³-hybridized carbons (Fsp3) is 0.368. The summed E-state index contributed by atoms with van der Waals surface area (Å²) in [6.45, 7) is -0.923. The van der Waals surface area contributed by atoms with Gasteiger partial charge in [-0.3, -0.25) is 9.78 Å². The minimum atomic E-state index is -4.77. The highest BCUT2D eigenvalue weighted by Crippen LogP contribution is 2.38. The summed E-state index contributed by atoms with van der Waals surface area (Å²) in [6.07, 6.45) is -2.37. The Morgan fingerprint density at radius 3 is 2.41 bits per heavy atom. The van der Waals surface area contributed by atoms with Crippen molar-refractivity contribution in [2.75, 3.05) is 32.1 Å². The Bertz CT molecular complexity index is 837. The molecule has 5 nitrogen and oxygen atoms in total. The van der Waals surface area contributed by atoms with Gasteiger partial charge in [0.05, 0.1) is 12.1 Å². The number of anilines is 1. The number of amides is 1. The van der Waals surface area contributed by atoms with E-state index in [1.165, 1.54) is 6.20 Å². The molecular weight excluding hydrogens is 359 g/mol. The highest BCUT2D eigenvalue weighted by molar-refractivity contribution is 5.95. The third-order valence-electron chi connectivity index (χ3n) is 4.76. The van der Waals surface area contributed by atoms with Crippen molar-refractivity contribution in [2.45, 2.75) is 18.2 Å². The third kappa shape index (κ3) is 3.75. The number of hydrogen-bond acceptors (Lipinski definition) is 4. The Balaban J connectivity index is 1.80. The third-order valence-corrected chi connectivity index (χ3v) is 4.76. The van der Waals surface area contributed by atoms with Gasteiger partial charge in [0, 0.05) is 50.7 Å². The predicted molar refractivity (Wildman–Crippen MR) is 95.5 cm³/mol. The minimum absolute atomic E-state index is 0.156. The maximum absolute atomic E-state index is 13.0. The number of halogens is 3. The van der Waals surface area contributed by atoms with E-state index in [0.717, 1.165) is 16.2 Å². The molecule has 1 unspecified atom stereocenters. The topological polar surface area (TPSA) is 56.7 Å². The van der Waals surface area contributed by atoms with Crippen LogP contribution in [-0.4, -0.2) is 59.9 Å². The van der Waals surface area contributed by atoms with Gasteiger partial charge in [0.2, 0.25) is 0 Å². The molecule has 1 atom stereocenters. The standard InChI is InChI=1S/C19H20F3N3O2/c1-24(2)16-5-3-13(4-6-16)14-9-15(11-23-10-14)17(26)25-8-7-18(27,12-25)19(20,21)22/h3-6,9-11,27H,7-8,12H2,1-2H3. The van der Waals surface area contributed by atoms with E-state index in [1.807, 2.05) is 43.3 Å². The number of likely N-dealkylation sites (tertiary alicyclic amines) is 1. The lowest BCUT2D eigenvalue weighted by molar-refractivity contribution is -0.253. The first-order valence-corrected chi connectivity index (χ1v) is 8.42. The molecule has 2 aromatic rings. The number of pyridine rings is 1. The van der Waals surface area contributed by atoms with Crippen molar-refractivity contribution in [1.82, 2.24) is 9.88 Å². The largest absolute Gasteiger partial charge is 0.419 e. The summed E-state index contributed by atoms with van der Waals surface area (Å²) in [7, 11) is 3.85. The summed E-state index contributed by atoms with van der Waals surface area (Å²) in [5.74, 6) is -0.575. The molecule has 0 radical (unpaired) electrons. The van der Waals surface area contributed by atoms with Gasteiger partial charge in [-0.1, -0.05) is 12.1 Å². The molecule has 1 amide bonds. The normalized spacial score (nSPS) is 20.0. The number of aromatic nitrogens is 1. The molecule has 1 saturated heterocycles. The average molecular weight is 379 g/mol. The van der Waals surface area contributed by atoms with Gasteiger partial charge in [-0.25, -0.2) is 0 Å². The van der Waals surface area contributed by atoms with Crippen molar-refractivity contribution in [1.29, 1.82) is 0 Å². The zero-order chi connectivity index (χ0) is 19.8. The quantitative estimate of drug-likeness (QED) is 0.891. The molecule has 0 bridgehead atoms. The monoisotopic (exact) mass is 379 g/mol. The number of alkyl halides is 3. The molecule has 0 aliphatic carbocycles. The molecule has 8 heteroatoms. The average Bonchev–Trinajstić information content (AvgIpc) is 3.05. The number of aliphatic hydroxyl groups is 1. The molecule has 1 aliphatic heterocycles. The SMILES string of the molecule is CN(C)c1ccc(-c2cncc(C(=O)N3CCC(O)(C(F)(F)F)C3)c2)cc1. The van der Waals surface area contributed by atoms with Crippen molar-refractivity contribution in [3.05, 3.63) is 48.3 Å². The van der Waals surface area contributed by atoms with Crippen molar-refractivity contribution in [2.24, 2.45) is 0 Å². The zero-order valence-electron chi connectivity index (χ0n) is 15.0. The van der Waals surface area contributed by atoms with Crippen molar-refractivity contribution < 1.29 is 23.1 Å². The van der Waals surface area contributed by atoms with Crippen LogP contribution in [0, 0.1) is 0 Å². The summed E-state index contributed by atoms with van der Waals surface area (Å²) in [4.78, 5) is 19.6. The van der Waals surface area contributed by atoms with Gasteiger partial charge in [0.15, 0.2) is 5.60 Å². The predicted octanol–water partition coefficient (Wildman–Crippen LogP) is 2.95. The van der Waals surface area contributed by atoms with E-state index in [1.54, 1.807) is 12.3 Å². The van der Waals surface area contributed by atoms with E-state index in [2.05, 4.69) is 4.98 Å². The summed E-state index contributed by atoms with van der Waals surface area (Å²) < 4.78 is 38.9. The number of hydrogen-bond donors (Lipinski definition) is 1. The molecule has 0 saturated carbocycles. The van der Waals surface area contributed by atoms with Gasteiger partial charge in [0.1, 0.15) is 0 Å². The number of carbonyl (C=O) groups is 1. The Labute approximate surface area is 155 Å². The molecule has 1 aromatic carbocycles. The van der Waals surface area contributed by atoms with Crippen LogP contribution >= 0.6 is 0 Å². The number of β-amino-alcohol motifs (C(OH)–C–C–N with tert-alkyl or cyclic N) is 1. The first-order valence-electron chi connectivity index (χ1n) is 8.42. The number of benzene rings is 1. The lowest BCUT2D eigenvalue weighted by Gasteiger charge is -2.25. The van der Waals surface area contributed by atoms with E-state index in [0.29, 0.717) is 5.56 Å². The van der Waals surface area contributed by atoms with Gasteiger partial charge < -0.3 is 14.9 Å². The molecule has 3 rings (SSSR count). The second kappa shape index (κ2) is 6.84. The van der Waals surface area contributed by atoms with E-state index in [9.17, 15) is 23.1 Å². The number of nitrogens with zero attached hydrogens (tertiary/aromatic N) is 3.